The minimum Gasteiger partial charge on any atom is -0.457 e. The molecule has 0 fully saturated rings. The maximum Gasteiger partial charge on any atom is 0.339 e. The summed E-state index contributed by atoms with van der Waals surface area (Å²) in [5.41, 5.74) is 0.0168. The maximum atomic E-state index is 13.2. The molecule has 0 aliphatic carbocycles. The van der Waals surface area contributed by atoms with Crippen LogP contribution in [0.5, 0.6) is 0 Å². The lowest BCUT2D eigenvalue weighted by molar-refractivity contribution is 0.0471. The quantitative estimate of drug-likeness (QED) is 0.770. The third-order valence-electron chi connectivity index (χ3n) is 3.80. The number of halogens is 1. The number of carbonyl (C=O) groups excluding carboxylic acids is 2. The molecule has 1 amide bonds. The highest BCUT2D eigenvalue weighted by Gasteiger charge is 2.17. The first-order valence-electron chi connectivity index (χ1n) is 8.34. The molecule has 7 heteroatoms. The second kappa shape index (κ2) is 8.94. The highest BCUT2D eigenvalue weighted by molar-refractivity contribution is 5.97. The zero-order valence-corrected chi connectivity index (χ0v) is 14.8. The summed E-state index contributed by atoms with van der Waals surface area (Å²) in [6.45, 7) is 2.26. The van der Waals surface area contributed by atoms with Crippen LogP contribution in [-0.2, 0) is 17.9 Å². The molecule has 0 spiro atoms. The van der Waals surface area contributed by atoms with Gasteiger partial charge in [-0.2, -0.15) is 0 Å². The van der Waals surface area contributed by atoms with E-state index in [-0.39, 0.29) is 17.7 Å². The molecular weight excluding hydrogens is 339 g/mol. The third-order valence-corrected chi connectivity index (χ3v) is 3.80. The van der Waals surface area contributed by atoms with E-state index in [1.54, 1.807) is 6.07 Å². The lowest BCUT2D eigenvalue weighted by Gasteiger charge is -2.11. The molecule has 0 aliphatic heterocycles. The van der Waals surface area contributed by atoms with Crippen molar-refractivity contribution in [3.8, 4) is 0 Å². The van der Waals surface area contributed by atoms with Crippen LogP contribution in [0.2, 0.25) is 0 Å². The van der Waals surface area contributed by atoms with Gasteiger partial charge < -0.3 is 14.6 Å². The number of aryl methyl sites for hydroxylation is 1. The SMILES string of the molecule is CCCCn1cc(C(=O)OCc2cccc(F)c2)cc(C(=O)NC)c1=O. The van der Waals surface area contributed by atoms with Crippen LogP contribution in [0.25, 0.3) is 0 Å². The van der Waals surface area contributed by atoms with Gasteiger partial charge >= 0.3 is 5.97 Å². The molecule has 0 radical (unpaired) electrons. The van der Waals surface area contributed by atoms with Gasteiger partial charge in [0, 0.05) is 19.8 Å². The molecule has 2 rings (SSSR count). The van der Waals surface area contributed by atoms with E-state index in [9.17, 15) is 18.8 Å². The molecule has 0 saturated carbocycles. The Bertz CT molecular complexity index is 861. The third kappa shape index (κ3) is 4.78. The number of carbonyl (C=O) groups is 2. The van der Waals surface area contributed by atoms with Gasteiger partial charge in [-0.25, -0.2) is 9.18 Å². The van der Waals surface area contributed by atoms with Gasteiger partial charge in [0.25, 0.3) is 11.5 Å². The van der Waals surface area contributed by atoms with Gasteiger partial charge in [-0.15, -0.1) is 0 Å². The number of hydrogen-bond acceptors (Lipinski definition) is 4. The number of amides is 1. The van der Waals surface area contributed by atoms with E-state index in [1.165, 1.54) is 42.1 Å². The van der Waals surface area contributed by atoms with Crippen molar-refractivity contribution in [1.82, 2.24) is 9.88 Å². The van der Waals surface area contributed by atoms with Crippen molar-refractivity contribution in [1.29, 1.82) is 0 Å². The molecule has 0 aliphatic rings. The van der Waals surface area contributed by atoms with Crippen LogP contribution in [0.1, 0.15) is 46.0 Å². The van der Waals surface area contributed by atoms with E-state index < -0.39 is 23.3 Å². The molecule has 0 unspecified atom stereocenters. The van der Waals surface area contributed by atoms with E-state index in [1.807, 2.05) is 6.92 Å². The van der Waals surface area contributed by atoms with E-state index >= 15 is 0 Å². The van der Waals surface area contributed by atoms with Crippen LogP contribution >= 0.6 is 0 Å². The summed E-state index contributed by atoms with van der Waals surface area (Å²) in [4.78, 5) is 36.6. The summed E-state index contributed by atoms with van der Waals surface area (Å²) in [5.74, 6) is -1.68. The molecule has 26 heavy (non-hydrogen) atoms. The smallest absolute Gasteiger partial charge is 0.339 e. The highest BCUT2D eigenvalue weighted by Crippen LogP contribution is 2.09. The molecule has 0 bridgehead atoms. The molecule has 1 aromatic heterocycles. The van der Waals surface area contributed by atoms with Crippen LogP contribution in [-0.4, -0.2) is 23.5 Å². The van der Waals surface area contributed by atoms with E-state index in [0.717, 1.165) is 12.8 Å². The fourth-order valence-electron chi connectivity index (χ4n) is 2.40. The van der Waals surface area contributed by atoms with Crippen molar-refractivity contribution in [2.75, 3.05) is 7.05 Å². The Kier molecular flexibility index (Phi) is 6.66. The molecule has 1 aromatic carbocycles. The number of benzene rings is 1. The number of rotatable bonds is 7. The molecule has 0 saturated heterocycles. The fraction of sp³-hybridized carbons (Fsp3) is 0.316. The van der Waals surface area contributed by atoms with Crippen molar-refractivity contribution in [2.24, 2.45) is 0 Å². The Balaban J connectivity index is 2.27. The van der Waals surface area contributed by atoms with Gasteiger partial charge in [0.15, 0.2) is 0 Å². The summed E-state index contributed by atoms with van der Waals surface area (Å²) in [7, 11) is 1.41. The van der Waals surface area contributed by atoms with Crippen LogP contribution in [0.15, 0.2) is 41.3 Å². The van der Waals surface area contributed by atoms with Crippen molar-refractivity contribution in [2.45, 2.75) is 32.9 Å². The fourth-order valence-corrected chi connectivity index (χ4v) is 2.40. The number of nitrogens with one attached hydrogen (secondary N) is 1. The average Bonchev–Trinajstić information content (AvgIpc) is 2.64. The van der Waals surface area contributed by atoms with Gasteiger partial charge in [-0.3, -0.25) is 9.59 Å². The normalized spacial score (nSPS) is 10.4. The Morgan fingerprint density at radius 2 is 2.04 bits per heavy atom. The number of aromatic nitrogens is 1. The maximum absolute atomic E-state index is 13.2. The second-order valence-corrected chi connectivity index (χ2v) is 5.78. The zero-order valence-electron chi connectivity index (χ0n) is 14.8. The molecule has 1 N–H and O–H groups in total. The first-order chi connectivity index (χ1) is 12.5. The zero-order chi connectivity index (χ0) is 19.1. The predicted molar refractivity (Wildman–Crippen MR) is 94.5 cm³/mol. The Morgan fingerprint density at radius 3 is 2.69 bits per heavy atom. The molecule has 2 aromatic rings. The van der Waals surface area contributed by atoms with Crippen LogP contribution < -0.4 is 10.9 Å². The largest absolute Gasteiger partial charge is 0.457 e. The van der Waals surface area contributed by atoms with E-state index in [0.29, 0.717) is 12.1 Å². The lowest BCUT2D eigenvalue weighted by Crippen LogP contribution is -2.32. The van der Waals surface area contributed by atoms with Gasteiger partial charge in [0.2, 0.25) is 0 Å². The van der Waals surface area contributed by atoms with E-state index in [2.05, 4.69) is 5.32 Å². The first kappa shape index (κ1) is 19.4. The molecular formula is C19H21FN2O4. The van der Waals surface area contributed by atoms with Crippen LogP contribution in [0.3, 0.4) is 0 Å². The standard InChI is InChI=1S/C19H21FN2O4/c1-3-4-8-22-11-14(10-16(18(22)24)17(23)21-2)19(25)26-12-13-6-5-7-15(20)9-13/h5-7,9-11H,3-4,8,12H2,1-2H3,(H,21,23). The summed E-state index contributed by atoms with van der Waals surface area (Å²) < 4.78 is 19.7. The summed E-state index contributed by atoms with van der Waals surface area (Å²) >= 11 is 0. The molecule has 138 valence electrons. The van der Waals surface area contributed by atoms with Gasteiger partial charge in [0.05, 0.1) is 5.56 Å². The number of unbranched alkanes of at least 4 members (excludes halogenated alkanes) is 1. The predicted octanol–water partition coefficient (Wildman–Crippen LogP) is 2.50. The lowest BCUT2D eigenvalue weighted by atomic mass is 10.1. The highest BCUT2D eigenvalue weighted by atomic mass is 19.1. The van der Waals surface area contributed by atoms with Crippen molar-refractivity contribution in [3.63, 3.8) is 0 Å². The van der Waals surface area contributed by atoms with Crippen molar-refractivity contribution in [3.05, 3.63) is 69.4 Å². The second-order valence-electron chi connectivity index (χ2n) is 5.78. The average molecular weight is 360 g/mol. The number of nitrogens with zero attached hydrogens (tertiary/aromatic N) is 1. The van der Waals surface area contributed by atoms with Crippen LogP contribution in [0.4, 0.5) is 4.39 Å². The van der Waals surface area contributed by atoms with Crippen molar-refractivity contribution < 1.29 is 18.7 Å². The summed E-state index contributed by atoms with van der Waals surface area (Å²) in [6.07, 6.45) is 2.98. The topological polar surface area (TPSA) is 77.4 Å². The van der Waals surface area contributed by atoms with E-state index in [4.69, 9.17) is 4.74 Å². The molecule has 6 nitrogen and oxygen atoms in total. The van der Waals surface area contributed by atoms with Gasteiger partial charge in [-0.05, 0) is 30.2 Å². The Labute approximate surface area is 150 Å². The Hall–Kier alpha value is -2.96. The Morgan fingerprint density at radius 1 is 1.27 bits per heavy atom. The minimum atomic E-state index is -0.690. The first-order valence-corrected chi connectivity index (χ1v) is 8.34. The number of ether oxygens (including phenoxy) is 1. The van der Waals surface area contributed by atoms with Gasteiger partial charge in [-0.1, -0.05) is 25.5 Å². The minimum absolute atomic E-state index is 0.0932. The molecule has 1 heterocycles. The summed E-state index contributed by atoms with van der Waals surface area (Å²) in [5, 5.41) is 2.39. The monoisotopic (exact) mass is 360 g/mol. The number of hydrogen-bond donors (Lipinski definition) is 1. The summed E-state index contributed by atoms with van der Waals surface area (Å²) in [6, 6.07) is 6.94. The number of esters is 1. The van der Waals surface area contributed by atoms with Gasteiger partial charge in [0.1, 0.15) is 18.0 Å². The van der Waals surface area contributed by atoms with Crippen LogP contribution in [0, 0.1) is 5.82 Å². The van der Waals surface area contributed by atoms with Crippen molar-refractivity contribution >= 4 is 11.9 Å². The molecule has 0 atom stereocenters. The number of pyridine rings is 1.